The fourth-order valence-corrected chi connectivity index (χ4v) is 1.65. The van der Waals surface area contributed by atoms with Gasteiger partial charge in [-0.3, -0.25) is 4.79 Å². The third-order valence-electron chi connectivity index (χ3n) is 2.87. The molecule has 0 aromatic rings. The molecule has 0 aromatic carbocycles. The molecular formula is C13H26N2O4. The lowest BCUT2D eigenvalue weighted by Crippen LogP contribution is -2.48. The molecule has 0 spiro atoms. The van der Waals surface area contributed by atoms with Crippen LogP contribution in [0.5, 0.6) is 0 Å². The highest BCUT2D eigenvalue weighted by atomic mass is 16.5. The smallest absolute Gasteiger partial charge is 0.315 e. The highest BCUT2D eigenvalue weighted by Crippen LogP contribution is 2.03. The Bertz CT molecular complexity index is 282. The highest BCUT2D eigenvalue weighted by Gasteiger charge is 2.16. The first-order valence-corrected chi connectivity index (χ1v) is 6.64. The molecular weight excluding hydrogens is 248 g/mol. The van der Waals surface area contributed by atoms with Crippen molar-refractivity contribution < 1.29 is 19.4 Å². The van der Waals surface area contributed by atoms with Gasteiger partial charge in [-0.15, -0.1) is 0 Å². The van der Waals surface area contributed by atoms with Crippen molar-refractivity contribution in [2.75, 3.05) is 13.7 Å². The summed E-state index contributed by atoms with van der Waals surface area (Å²) in [5.41, 5.74) is 0. The van der Waals surface area contributed by atoms with E-state index in [9.17, 15) is 9.59 Å². The predicted molar refractivity (Wildman–Crippen MR) is 73.1 cm³/mol. The Kier molecular flexibility index (Phi) is 8.95. The second-order valence-electron chi connectivity index (χ2n) is 5.11. The highest BCUT2D eigenvalue weighted by molar-refractivity contribution is 5.74. The number of urea groups is 1. The fourth-order valence-electron chi connectivity index (χ4n) is 1.65. The second-order valence-corrected chi connectivity index (χ2v) is 5.11. The van der Waals surface area contributed by atoms with Gasteiger partial charge in [0.2, 0.25) is 0 Å². The van der Waals surface area contributed by atoms with Gasteiger partial charge in [0, 0.05) is 19.6 Å². The molecule has 3 N–H and O–H groups in total. The first kappa shape index (κ1) is 17.7. The number of methoxy groups -OCH3 is 1. The predicted octanol–water partition coefficient (Wildman–Crippen LogP) is 1.60. The number of rotatable bonds is 9. The maximum atomic E-state index is 11.7. The maximum absolute atomic E-state index is 11.7. The molecule has 19 heavy (non-hydrogen) atoms. The van der Waals surface area contributed by atoms with E-state index in [2.05, 4.69) is 10.6 Å². The molecule has 0 saturated carbocycles. The first-order chi connectivity index (χ1) is 8.86. The average molecular weight is 274 g/mol. The molecule has 0 heterocycles. The number of carbonyl (C=O) groups is 2. The van der Waals surface area contributed by atoms with Crippen LogP contribution in [0.1, 0.15) is 40.0 Å². The molecule has 6 nitrogen and oxygen atoms in total. The zero-order valence-electron chi connectivity index (χ0n) is 12.2. The van der Waals surface area contributed by atoms with E-state index in [0.717, 1.165) is 0 Å². The maximum Gasteiger partial charge on any atom is 0.315 e. The monoisotopic (exact) mass is 274 g/mol. The summed E-state index contributed by atoms with van der Waals surface area (Å²) in [6.07, 6.45) is 1.34. The van der Waals surface area contributed by atoms with Crippen molar-refractivity contribution in [1.29, 1.82) is 0 Å². The van der Waals surface area contributed by atoms with Crippen LogP contribution in [-0.2, 0) is 9.53 Å². The SMILES string of the molecule is COCC(NC(=O)NC(C)CCCC(=O)O)C(C)C. The van der Waals surface area contributed by atoms with E-state index in [4.69, 9.17) is 9.84 Å². The molecule has 0 aliphatic rings. The van der Waals surface area contributed by atoms with Gasteiger partial charge in [-0.1, -0.05) is 13.8 Å². The molecule has 2 amide bonds. The number of nitrogens with one attached hydrogen (secondary N) is 2. The molecule has 0 aliphatic heterocycles. The standard InChI is InChI=1S/C13H26N2O4/c1-9(2)11(8-19-4)15-13(18)14-10(3)6-5-7-12(16)17/h9-11H,5-8H2,1-4H3,(H,16,17)(H2,14,15,18). The number of carboxylic acid groups (broad SMARTS) is 1. The lowest BCUT2D eigenvalue weighted by atomic mass is 10.1. The number of hydrogen-bond acceptors (Lipinski definition) is 3. The Morgan fingerprint density at radius 2 is 1.84 bits per heavy atom. The van der Waals surface area contributed by atoms with Crippen molar-refractivity contribution in [3.05, 3.63) is 0 Å². The van der Waals surface area contributed by atoms with Crippen LogP contribution < -0.4 is 10.6 Å². The van der Waals surface area contributed by atoms with Crippen molar-refractivity contribution in [3.8, 4) is 0 Å². The molecule has 2 atom stereocenters. The fraction of sp³-hybridized carbons (Fsp3) is 0.846. The van der Waals surface area contributed by atoms with Crippen LogP contribution >= 0.6 is 0 Å². The van der Waals surface area contributed by atoms with Crippen molar-refractivity contribution >= 4 is 12.0 Å². The Morgan fingerprint density at radius 3 is 2.32 bits per heavy atom. The van der Waals surface area contributed by atoms with Gasteiger partial charge in [-0.05, 0) is 25.7 Å². The Labute approximate surface area is 114 Å². The molecule has 0 saturated heterocycles. The molecule has 0 aliphatic carbocycles. The normalized spacial score (nSPS) is 13.9. The largest absolute Gasteiger partial charge is 0.481 e. The summed E-state index contributed by atoms with van der Waals surface area (Å²) >= 11 is 0. The van der Waals surface area contributed by atoms with E-state index in [1.807, 2.05) is 20.8 Å². The molecule has 0 radical (unpaired) electrons. The van der Waals surface area contributed by atoms with Crippen LogP contribution in [-0.4, -0.2) is 42.9 Å². The number of carboxylic acids is 1. The Morgan fingerprint density at radius 1 is 1.21 bits per heavy atom. The van der Waals surface area contributed by atoms with Crippen molar-refractivity contribution in [2.45, 2.75) is 52.1 Å². The van der Waals surface area contributed by atoms with Gasteiger partial charge < -0.3 is 20.5 Å². The molecule has 2 unspecified atom stereocenters. The number of carbonyl (C=O) groups excluding carboxylic acids is 1. The van der Waals surface area contributed by atoms with Crippen molar-refractivity contribution in [1.82, 2.24) is 10.6 Å². The summed E-state index contributed by atoms with van der Waals surface area (Å²) in [5, 5.41) is 14.2. The van der Waals surface area contributed by atoms with Crippen LogP contribution in [0.4, 0.5) is 4.79 Å². The summed E-state index contributed by atoms with van der Waals surface area (Å²) in [6.45, 7) is 6.36. The summed E-state index contributed by atoms with van der Waals surface area (Å²) in [5.74, 6) is -0.523. The van der Waals surface area contributed by atoms with Gasteiger partial charge in [-0.25, -0.2) is 4.79 Å². The minimum atomic E-state index is -0.809. The first-order valence-electron chi connectivity index (χ1n) is 6.64. The molecule has 0 aromatic heterocycles. The Balaban J connectivity index is 3.97. The van der Waals surface area contributed by atoms with E-state index < -0.39 is 5.97 Å². The summed E-state index contributed by atoms with van der Waals surface area (Å²) in [4.78, 5) is 22.1. The van der Waals surface area contributed by atoms with Crippen molar-refractivity contribution in [3.63, 3.8) is 0 Å². The van der Waals surface area contributed by atoms with Gasteiger partial charge in [0.25, 0.3) is 0 Å². The number of aliphatic carboxylic acids is 1. The van der Waals surface area contributed by atoms with E-state index in [1.54, 1.807) is 7.11 Å². The zero-order chi connectivity index (χ0) is 14.8. The van der Waals surface area contributed by atoms with Crippen LogP contribution in [0, 0.1) is 5.92 Å². The number of hydrogen-bond donors (Lipinski definition) is 3. The van der Waals surface area contributed by atoms with E-state index in [-0.39, 0.29) is 30.5 Å². The Hall–Kier alpha value is -1.30. The second kappa shape index (κ2) is 9.61. The minimum Gasteiger partial charge on any atom is -0.481 e. The zero-order valence-corrected chi connectivity index (χ0v) is 12.2. The lowest BCUT2D eigenvalue weighted by Gasteiger charge is -2.23. The van der Waals surface area contributed by atoms with Gasteiger partial charge in [0.15, 0.2) is 0 Å². The molecule has 0 rings (SSSR count). The summed E-state index contributed by atoms with van der Waals surface area (Å²) in [6, 6.07) is -0.315. The van der Waals surface area contributed by atoms with E-state index >= 15 is 0 Å². The number of amides is 2. The van der Waals surface area contributed by atoms with E-state index in [0.29, 0.717) is 19.4 Å². The summed E-state index contributed by atoms with van der Waals surface area (Å²) in [7, 11) is 1.60. The lowest BCUT2D eigenvalue weighted by molar-refractivity contribution is -0.137. The third kappa shape index (κ3) is 9.30. The molecule has 0 fully saturated rings. The minimum absolute atomic E-state index is 0.0313. The molecule has 0 bridgehead atoms. The van der Waals surface area contributed by atoms with Crippen LogP contribution in [0.2, 0.25) is 0 Å². The quantitative estimate of drug-likeness (QED) is 0.596. The summed E-state index contributed by atoms with van der Waals surface area (Å²) < 4.78 is 5.05. The van der Waals surface area contributed by atoms with Crippen LogP contribution in [0.25, 0.3) is 0 Å². The van der Waals surface area contributed by atoms with Gasteiger partial charge >= 0.3 is 12.0 Å². The van der Waals surface area contributed by atoms with Gasteiger partial charge in [0.05, 0.1) is 12.6 Å². The van der Waals surface area contributed by atoms with Crippen molar-refractivity contribution in [2.24, 2.45) is 5.92 Å². The van der Waals surface area contributed by atoms with E-state index in [1.165, 1.54) is 0 Å². The molecule has 6 heteroatoms. The average Bonchev–Trinajstić information content (AvgIpc) is 2.27. The van der Waals surface area contributed by atoms with Crippen LogP contribution in [0.3, 0.4) is 0 Å². The van der Waals surface area contributed by atoms with Gasteiger partial charge in [-0.2, -0.15) is 0 Å². The van der Waals surface area contributed by atoms with Gasteiger partial charge in [0.1, 0.15) is 0 Å². The number of ether oxygens (including phenoxy) is 1. The molecule has 112 valence electrons. The third-order valence-corrected chi connectivity index (χ3v) is 2.87. The van der Waals surface area contributed by atoms with Crippen LogP contribution in [0.15, 0.2) is 0 Å². The topological polar surface area (TPSA) is 87.7 Å².